The van der Waals surface area contributed by atoms with E-state index in [0.717, 1.165) is 5.92 Å². The summed E-state index contributed by atoms with van der Waals surface area (Å²) in [5.74, 6) is 0.825. The second kappa shape index (κ2) is 81.5. The van der Waals surface area contributed by atoms with Gasteiger partial charge in [0.1, 0.15) is 0 Å². The van der Waals surface area contributed by atoms with Crippen molar-refractivity contribution >= 4 is 0 Å². The smallest absolute Gasteiger partial charge is 0 e. The number of aryl methyl sites for hydroxylation is 1. The molecule has 0 nitrogen and oxygen atoms in total. The molecule has 0 saturated heterocycles. The molecular formula is C13H17Y20-. The summed E-state index contributed by atoms with van der Waals surface area (Å²) in [6, 6.07) is 3.53. The number of fused-ring (bicyclic) bond motifs is 1. The first-order valence-corrected chi connectivity index (χ1v) is 5.10. The van der Waals surface area contributed by atoms with Gasteiger partial charge in [-0.25, -0.2) is 0 Å². The standard InChI is InChI=1S/C13H17.20Y/c1-8-5-12-7-9(2)10(3)11(4)13(12)6-8;;;;;;;;;;;;;;;;;;;;/h8H,5-6H2,1-4H3;;;;;;;;;;;;;;;;;;;;/q-1;;;;;;;;;;;;;;;;;;;;. The van der Waals surface area contributed by atoms with Crippen LogP contribution in [-0.4, -0.2) is 0 Å². The minimum atomic E-state index is 0. The number of rotatable bonds is 0. The van der Waals surface area contributed by atoms with Crippen LogP contribution in [0, 0.1) is 32.8 Å². The van der Waals surface area contributed by atoms with Crippen molar-refractivity contribution in [2.75, 3.05) is 0 Å². The van der Waals surface area contributed by atoms with E-state index in [2.05, 4.69) is 33.8 Å². The molecule has 0 bridgehead atoms. The SMILES string of the molecule is Cc1[c-]c2c(c(C)c1C)CC(C)C2.[Y].[Y].[Y].[Y].[Y].[Y].[Y].[Y].[Y].[Y].[Y].[Y].[Y].[Y].[Y].[Y].[Y].[Y].[Y].[Y]. The molecule has 0 N–H and O–H groups in total. The monoisotopic (exact) mass is 1950 g/mol. The Morgan fingerprint density at radius 1 is 0.455 bits per heavy atom. The minimum Gasteiger partial charge on any atom is -0.177 e. The fourth-order valence-corrected chi connectivity index (χ4v) is 2.35. The van der Waals surface area contributed by atoms with Gasteiger partial charge in [-0.2, -0.15) is 28.3 Å². The van der Waals surface area contributed by atoms with Crippen molar-refractivity contribution in [3.63, 3.8) is 0 Å². The first kappa shape index (κ1) is 124. The molecule has 0 saturated carbocycles. The molecule has 130 valence electrons. The van der Waals surface area contributed by atoms with E-state index < -0.39 is 0 Å². The Morgan fingerprint density at radius 2 is 0.727 bits per heavy atom. The Labute approximate surface area is 709 Å². The van der Waals surface area contributed by atoms with Gasteiger partial charge in [0.05, 0.1) is 0 Å². The fourth-order valence-electron chi connectivity index (χ4n) is 2.35. The van der Waals surface area contributed by atoms with E-state index in [1.165, 1.54) is 35.1 Å². The van der Waals surface area contributed by atoms with Gasteiger partial charge in [0.25, 0.3) is 0 Å². The molecule has 0 amide bonds. The summed E-state index contributed by atoms with van der Waals surface area (Å²) in [7, 11) is 0. The van der Waals surface area contributed by atoms with E-state index in [9.17, 15) is 0 Å². The van der Waals surface area contributed by atoms with Crippen molar-refractivity contribution in [2.45, 2.75) is 40.5 Å². The molecule has 33 heavy (non-hydrogen) atoms. The molecule has 1 aliphatic rings. The maximum Gasteiger partial charge on any atom is 0 e. The van der Waals surface area contributed by atoms with Crippen LogP contribution in [-0.2, 0) is 667 Å². The maximum absolute atomic E-state index is 3.53. The molecule has 1 atom stereocenters. The zero-order valence-electron chi connectivity index (χ0n) is 20.5. The summed E-state index contributed by atoms with van der Waals surface area (Å²) in [6.45, 7) is 8.97. The first-order valence-electron chi connectivity index (χ1n) is 5.10. The van der Waals surface area contributed by atoms with Crippen LogP contribution in [0.5, 0.6) is 0 Å². The molecule has 0 aliphatic heterocycles. The van der Waals surface area contributed by atoms with Gasteiger partial charge >= 0.3 is 0 Å². The van der Waals surface area contributed by atoms with E-state index in [1.807, 2.05) is 0 Å². The maximum atomic E-state index is 3.53. The van der Waals surface area contributed by atoms with E-state index in [4.69, 9.17) is 0 Å². The Bertz CT molecular complexity index is 379. The number of benzene rings is 1. The van der Waals surface area contributed by atoms with Crippen LogP contribution in [0.15, 0.2) is 0 Å². The summed E-state index contributed by atoms with van der Waals surface area (Å²) in [5.41, 5.74) is 7.34. The molecule has 1 unspecified atom stereocenters. The summed E-state index contributed by atoms with van der Waals surface area (Å²) in [4.78, 5) is 0. The van der Waals surface area contributed by atoms with Gasteiger partial charge in [-0.15, -0.1) is 5.56 Å². The molecule has 20 heteroatoms. The van der Waals surface area contributed by atoms with Crippen molar-refractivity contribution in [3.8, 4) is 0 Å². The van der Waals surface area contributed by atoms with Crippen molar-refractivity contribution in [3.05, 3.63) is 33.9 Å². The van der Waals surface area contributed by atoms with Gasteiger partial charge < -0.3 is 0 Å². The van der Waals surface area contributed by atoms with Crippen LogP contribution in [0.1, 0.15) is 34.7 Å². The Balaban J connectivity index is -0.00000000576. The Kier molecular flexibility index (Phi) is 306. The molecular weight excluding hydrogens is 1930 g/mol. The Hall–Kier alpha value is 21.3. The molecule has 1 aromatic carbocycles. The summed E-state index contributed by atoms with van der Waals surface area (Å²) < 4.78 is 0. The zero-order chi connectivity index (χ0) is 9.59. The average Bonchev–Trinajstić information content (AvgIpc) is 2.42. The Morgan fingerprint density at radius 3 is 1.00 bits per heavy atom. The van der Waals surface area contributed by atoms with Crippen LogP contribution in [0.4, 0.5) is 0 Å². The summed E-state index contributed by atoms with van der Waals surface area (Å²) >= 11 is 0. The minimum absolute atomic E-state index is 0. The first-order chi connectivity index (χ1) is 6.09. The van der Waals surface area contributed by atoms with E-state index in [0.29, 0.717) is 0 Å². The van der Waals surface area contributed by atoms with Crippen molar-refractivity contribution in [1.82, 2.24) is 0 Å². The predicted octanol–water partition coefficient (Wildman–Crippen LogP) is 3.10. The van der Waals surface area contributed by atoms with Gasteiger partial charge in [-0.3, -0.25) is 0 Å². The number of hydrogen-bond acceptors (Lipinski definition) is 0. The molecule has 0 fully saturated rings. The normalized spacial score (nSPS) is 8.06. The van der Waals surface area contributed by atoms with Crippen LogP contribution < -0.4 is 0 Å². The van der Waals surface area contributed by atoms with Crippen molar-refractivity contribution in [1.29, 1.82) is 0 Å². The van der Waals surface area contributed by atoms with Crippen molar-refractivity contribution in [2.24, 2.45) is 5.92 Å². The number of hydrogen-bond donors (Lipinski definition) is 0. The van der Waals surface area contributed by atoms with E-state index in [-0.39, 0.29) is 654 Å². The largest absolute Gasteiger partial charge is 0.177 e. The molecule has 0 spiro atoms. The van der Waals surface area contributed by atoms with Gasteiger partial charge in [-0.05, 0) is 12.3 Å². The fraction of sp³-hybridized carbons (Fsp3) is 0.538. The summed E-state index contributed by atoms with van der Waals surface area (Å²) in [6.07, 6.45) is 2.50. The van der Waals surface area contributed by atoms with Crippen LogP contribution in [0.3, 0.4) is 0 Å². The zero-order valence-corrected chi connectivity index (χ0v) is 77.3. The van der Waals surface area contributed by atoms with Crippen LogP contribution >= 0.6 is 0 Å². The van der Waals surface area contributed by atoms with E-state index in [1.54, 1.807) is 5.56 Å². The van der Waals surface area contributed by atoms with Gasteiger partial charge in [-0.1, -0.05) is 34.1 Å². The second-order valence-electron chi connectivity index (χ2n) is 4.47. The van der Waals surface area contributed by atoms with Crippen LogP contribution in [0.2, 0.25) is 0 Å². The third-order valence-corrected chi connectivity index (χ3v) is 3.39. The third-order valence-electron chi connectivity index (χ3n) is 3.39. The molecule has 1 aromatic rings. The van der Waals surface area contributed by atoms with Crippen LogP contribution in [0.25, 0.3) is 0 Å². The van der Waals surface area contributed by atoms with E-state index >= 15 is 0 Å². The third kappa shape index (κ3) is 57.7. The van der Waals surface area contributed by atoms with Gasteiger partial charge in [0.2, 0.25) is 0 Å². The topological polar surface area (TPSA) is 0 Å². The second-order valence-corrected chi connectivity index (χ2v) is 4.47. The molecule has 1 aliphatic carbocycles. The van der Waals surface area contributed by atoms with Crippen molar-refractivity contribution < 1.29 is 654 Å². The predicted molar refractivity (Wildman–Crippen MR) is 56.1 cm³/mol. The summed E-state index contributed by atoms with van der Waals surface area (Å²) in [5, 5.41) is 0. The molecule has 0 heterocycles. The van der Waals surface area contributed by atoms with Gasteiger partial charge in [0.15, 0.2) is 0 Å². The van der Waals surface area contributed by atoms with Gasteiger partial charge in [0, 0.05) is 654 Å². The quantitative estimate of drug-likeness (QED) is 0.351. The average molecular weight is 1950 g/mol. The molecule has 0 aromatic heterocycles. The molecule has 2 rings (SSSR count). The molecule has 20 radical (unpaired) electrons.